The van der Waals surface area contributed by atoms with Gasteiger partial charge < -0.3 is 25.4 Å². The number of aliphatic hydroxyl groups is 1. The third-order valence-electron chi connectivity index (χ3n) is 4.91. The van der Waals surface area contributed by atoms with Crippen LogP contribution < -0.4 is 10.6 Å². The summed E-state index contributed by atoms with van der Waals surface area (Å²) in [6, 6.07) is 5.23. The van der Waals surface area contributed by atoms with Gasteiger partial charge in [-0.1, -0.05) is 13.8 Å². The third-order valence-corrected chi connectivity index (χ3v) is 4.91. The van der Waals surface area contributed by atoms with Gasteiger partial charge >= 0.3 is 5.97 Å². The quantitative estimate of drug-likeness (QED) is 0.644. The molecule has 0 bridgehead atoms. The average molecular weight is 373 g/mol. The number of fused-ring (bicyclic) bond motifs is 1. The molecule has 0 saturated carbocycles. The number of ether oxygens (including phenoxy) is 1. The molecule has 2 amide bonds. The predicted molar refractivity (Wildman–Crippen MR) is 98.1 cm³/mol. The molecule has 0 fully saturated rings. The second-order valence-electron chi connectivity index (χ2n) is 7.25. The monoisotopic (exact) mass is 373 g/mol. The SMILES string of the molecule is COC(=O)C1=C(Nc2ccc3c(c2)C(C)(C)CNC3=O)C(=O)N(CCO)C1. The Labute approximate surface area is 157 Å². The van der Waals surface area contributed by atoms with Crippen LogP contribution in [-0.4, -0.2) is 61.1 Å². The lowest BCUT2D eigenvalue weighted by Gasteiger charge is -2.32. The van der Waals surface area contributed by atoms with Gasteiger partial charge in [0.1, 0.15) is 5.70 Å². The van der Waals surface area contributed by atoms with Crippen molar-refractivity contribution in [2.24, 2.45) is 0 Å². The molecule has 0 aromatic heterocycles. The fraction of sp³-hybridized carbons (Fsp3) is 0.421. The van der Waals surface area contributed by atoms with Gasteiger partial charge in [-0.05, 0) is 23.8 Å². The fourth-order valence-corrected chi connectivity index (χ4v) is 3.36. The van der Waals surface area contributed by atoms with Gasteiger partial charge in [-0.15, -0.1) is 0 Å². The average Bonchev–Trinajstić information content (AvgIpc) is 2.95. The molecular formula is C19H23N3O5. The highest BCUT2D eigenvalue weighted by Crippen LogP contribution is 2.32. The summed E-state index contributed by atoms with van der Waals surface area (Å²) in [7, 11) is 1.26. The molecule has 0 unspecified atom stereocenters. The molecule has 8 nitrogen and oxygen atoms in total. The van der Waals surface area contributed by atoms with E-state index in [0.29, 0.717) is 17.8 Å². The molecule has 0 radical (unpaired) electrons. The molecular weight excluding hydrogens is 350 g/mol. The maximum Gasteiger partial charge on any atom is 0.337 e. The highest BCUT2D eigenvalue weighted by atomic mass is 16.5. The number of nitrogens with zero attached hydrogens (tertiary/aromatic N) is 1. The van der Waals surface area contributed by atoms with Gasteiger partial charge in [-0.3, -0.25) is 9.59 Å². The molecule has 8 heteroatoms. The minimum atomic E-state index is -0.594. The zero-order valence-electron chi connectivity index (χ0n) is 15.6. The number of esters is 1. The number of aliphatic hydroxyl groups excluding tert-OH is 1. The lowest BCUT2D eigenvalue weighted by molar-refractivity contribution is -0.136. The van der Waals surface area contributed by atoms with Crippen molar-refractivity contribution in [2.45, 2.75) is 19.3 Å². The molecule has 0 aliphatic carbocycles. The summed E-state index contributed by atoms with van der Waals surface area (Å²) in [4.78, 5) is 38.2. The third kappa shape index (κ3) is 3.40. The number of benzene rings is 1. The number of hydrogen-bond donors (Lipinski definition) is 3. The Hall–Kier alpha value is -2.87. The minimum absolute atomic E-state index is 0.0766. The lowest BCUT2D eigenvalue weighted by Crippen LogP contribution is -2.43. The molecule has 27 heavy (non-hydrogen) atoms. The maximum atomic E-state index is 12.6. The molecule has 1 aromatic rings. The highest BCUT2D eigenvalue weighted by molar-refractivity contribution is 6.08. The van der Waals surface area contributed by atoms with Gasteiger partial charge in [0, 0.05) is 29.8 Å². The number of rotatable bonds is 5. The van der Waals surface area contributed by atoms with Gasteiger partial charge in [0.05, 0.1) is 25.8 Å². The molecule has 144 valence electrons. The van der Waals surface area contributed by atoms with Crippen LogP contribution in [0.15, 0.2) is 29.5 Å². The van der Waals surface area contributed by atoms with Crippen LogP contribution in [0, 0.1) is 0 Å². The second-order valence-corrected chi connectivity index (χ2v) is 7.25. The van der Waals surface area contributed by atoms with E-state index in [2.05, 4.69) is 10.6 Å². The first kappa shape index (κ1) is 18.9. The molecule has 0 saturated heterocycles. The number of carbonyl (C=O) groups excluding carboxylic acids is 3. The van der Waals surface area contributed by atoms with Crippen LogP contribution in [0.5, 0.6) is 0 Å². The van der Waals surface area contributed by atoms with Crippen LogP contribution in [0.3, 0.4) is 0 Å². The summed E-state index contributed by atoms with van der Waals surface area (Å²) in [6.07, 6.45) is 0. The van der Waals surface area contributed by atoms with E-state index in [9.17, 15) is 14.4 Å². The number of anilines is 1. The van der Waals surface area contributed by atoms with Crippen LogP contribution >= 0.6 is 0 Å². The van der Waals surface area contributed by atoms with Gasteiger partial charge in [0.15, 0.2) is 0 Å². The summed E-state index contributed by atoms with van der Waals surface area (Å²) >= 11 is 0. The topological polar surface area (TPSA) is 108 Å². The Bertz CT molecular complexity index is 844. The number of nitrogens with one attached hydrogen (secondary N) is 2. The predicted octanol–water partition coefficient (Wildman–Crippen LogP) is 0.381. The Morgan fingerprint density at radius 3 is 2.78 bits per heavy atom. The van der Waals surface area contributed by atoms with Gasteiger partial charge in [-0.2, -0.15) is 0 Å². The van der Waals surface area contributed by atoms with E-state index in [4.69, 9.17) is 9.84 Å². The number of amides is 2. The summed E-state index contributed by atoms with van der Waals surface area (Å²) in [5.41, 5.74) is 2.15. The summed E-state index contributed by atoms with van der Waals surface area (Å²) < 4.78 is 4.78. The van der Waals surface area contributed by atoms with Crippen molar-refractivity contribution in [3.63, 3.8) is 0 Å². The van der Waals surface area contributed by atoms with Crippen LogP contribution in [0.25, 0.3) is 0 Å². The largest absolute Gasteiger partial charge is 0.466 e. The molecule has 3 rings (SSSR count). The van der Waals surface area contributed by atoms with Crippen molar-refractivity contribution in [1.29, 1.82) is 0 Å². The van der Waals surface area contributed by atoms with E-state index >= 15 is 0 Å². The summed E-state index contributed by atoms with van der Waals surface area (Å²) in [5.74, 6) is -1.10. The van der Waals surface area contributed by atoms with E-state index in [0.717, 1.165) is 5.56 Å². The second kappa shape index (κ2) is 7.03. The van der Waals surface area contributed by atoms with Crippen molar-refractivity contribution in [3.05, 3.63) is 40.6 Å². The Kier molecular flexibility index (Phi) is 4.93. The molecule has 0 spiro atoms. The normalized spacial score (nSPS) is 18.3. The summed E-state index contributed by atoms with van der Waals surface area (Å²) in [6.45, 7) is 4.57. The minimum Gasteiger partial charge on any atom is -0.466 e. The van der Waals surface area contributed by atoms with Crippen molar-refractivity contribution in [1.82, 2.24) is 10.2 Å². The van der Waals surface area contributed by atoms with E-state index < -0.39 is 5.97 Å². The maximum absolute atomic E-state index is 12.6. The number of carbonyl (C=O) groups is 3. The van der Waals surface area contributed by atoms with Crippen LogP contribution in [0.4, 0.5) is 5.69 Å². The first-order valence-corrected chi connectivity index (χ1v) is 8.70. The zero-order chi connectivity index (χ0) is 19.8. The van der Waals surface area contributed by atoms with Crippen LogP contribution in [0.2, 0.25) is 0 Å². The zero-order valence-corrected chi connectivity index (χ0v) is 15.6. The van der Waals surface area contributed by atoms with Gasteiger partial charge in [0.25, 0.3) is 11.8 Å². The molecule has 0 atom stereocenters. The molecule has 2 aliphatic rings. The fourth-order valence-electron chi connectivity index (χ4n) is 3.36. The Morgan fingerprint density at radius 2 is 2.11 bits per heavy atom. The van der Waals surface area contributed by atoms with E-state index in [1.165, 1.54) is 12.0 Å². The van der Waals surface area contributed by atoms with Crippen molar-refractivity contribution < 1.29 is 24.2 Å². The number of hydrogen-bond acceptors (Lipinski definition) is 6. The molecule has 1 aromatic carbocycles. The summed E-state index contributed by atoms with van der Waals surface area (Å²) in [5, 5.41) is 15.0. The Balaban J connectivity index is 1.96. The number of methoxy groups -OCH3 is 1. The highest BCUT2D eigenvalue weighted by Gasteiger charge is 2.35. The standard InChI is InChI=1S/C19H23N3O5/c1-19(2)10-20-16(24)12-5-4-11(8-14(12)19)21-15-13(18(26)27-3)9-22(6-7-23)17(15)25/h4-5,8,21,23H,6-7,9-10H2,1-3H3,(H,20,24). The first-order valence-electron chi connectivity index (χ1n) is 8.70. The molecule has 3 N–H and O–H groups in total. The van der Waals surface area contributed by atoms with E-state index in [-0.39, 0.29) is 48.2 Å². The van der Waals surface area contributed by atoms with Gasteiger partial charge in [0.2, 0.25) is 0 Å². The smallest absolute Gasteiger partial charge is 0.337 e. The number of β-amino-alcohol motifs (C(OH)–C–C–N with tert-alkyl or cyclic N) is 1. The van der Waals surface area contributed by atoms with E-state index in [1.54, 1.807) is 12.1 Å². The van der Waals surface area contributed by atoms with Gasteiger partial charge in [-0.25, -0.2) is 4.79 Å². The molecule has 2 heterocycles. The Morgan fingerprint density at radius 1 is 1.37 bits per heavy atom. The molecule has 2 aliphatic heterocycles. The van der Waals surface area contributed by atoms with E-state index in [1.807, 2.05) is 19.9 Å². The van der Waals surface area contributed by atoms with Crippen LogP contribution in [0.1, 0.15) is 29.8 Å². The lowest BCUT2D eigenvalue weighted by atomic mass is 9.79. The van der Waals surface area contributed by atoms with Crippen LogP contribution in [-0.2, 0) is 19.7 Å². The first-order chi connectivity index (χ1) is 12.8. The van der Waals surface area contributed by atoms with Crippen molar-refractivity contribution in [3.8, 4) is 0 Å². The van der Waals surface area contributed by atoms with Crippen molar-refractivity contribution in [2.75, 3.05) is 38.7 Å². The van der Waals surface area contributed by atoms with Crippen molar-refractivity contribution >= 4 is 23.5 Å².